The predicted octanol–water partition coefficient (Wildman–Crippen LogP) is 4.39. The van der Waals surface area contributed by atoms with Crippen LogP contribution in [-0.4, -0.2) is 32.6 Å². The molecular formula is C20H20BrNO4. The Kier molecular flexibility index (Phi) is 6.58. The van der Waals surface area contributed by atoms with Crippen molar-refractivity contribution in [3.05, 3.63) is 70.2 Å². The number of amides is 1. The summed E-state index contributed by atoms with van der Waals surface area (Å²) >= 11 is 3.42. The first-order valence-corrected chi connectivity index (χ1v) is 8.67. The van der Waals surface area contributed by atoms with Gasteiger partial charge >= 0.3 is 5.97 Å². The Labute approximate surface area is 161 Å². The predicted molar refractivity (Wildman–Crippen MR) is 105 cm³/mol. The lowest BCUT2D eigenvalue weighted by molar-refractivity contribution is 0.0600. The Balaban J connectivity index is 2.54. The van der Waals surface area contributed by atoms with Crippen molar-refractivity contribution in [2.24, 2.45) is 0 Å². The fraction of sp³-hybridized carbons (Fsp3) is 0.200. The molecule has 0 saturated carbocycles. The van der Waals surface area contributed by atoms with Crippen molar-refractivity contribution in [3.63, 3.8) is 0 Å². The van der Waals surface area contributed by atoms with Gasteiger partial charge in [-0.3, -0.25) is 4.79 Å². The van der Waals surface area contributed by atoms with Crippen LogP contribution in [0.2, 0.25) is 0 Å². The number of anilines is 1. The molecule has 0 fully saturated rings. The second-order valence-corrected chi connectivity index (χ2v) is 6.40. The summed E-state index contributed by atoms with van der Waals surface area (Å²) in [5.74, 6) is -0.115. The van der Waals surface area contributed by atoms with E-state index in [2.05, 4.69) is 22.5 Å². The highest BCUT2D eigenvalue weighted by atomic mass is 79.9. The average molecular weight is 418 g/mol. The number of carbonyl (C=O) groups is 2. The van der Waals surface area contributed by atoms with Gasteiger partial charge in [0.2, 0.25) is 0 Å². The first kappa shape index (κ1) is 19.7. The average Bonchev–Trinajstić information content (AvgIpc) is 2.66. The third-order valence-electron chi connectivity index (χ3n) is 3.88. The number of hydrogen-bond donors (Lipinski definition) is 0. The quantitative estimate of drug-likeness (QED) is 0.516. The van der Waals surface area contributed by atoms with Crippen LogP contribution in [0.25, 0.3) is 0 Å². The maximum Gasteiger partial charge on any atom is 0.337 e. The van der Waals surface area contributed by atoms with Gasteiger partial charge in [-0.05, 0) is 58.7 Å². The number of aryl methyl sites for hydroxylation is 1. The zero-order chi connectivity index (χ0) is 19.3. The van der Waals surface area contributed by atoms with Gasteiger partial charge < -0.3 is 14.4 Å². The van der Waals surface area contributed by atoms with Gasteiger partial charge in [-0.1, -0.05) is 12.1 Å². The molecule has 0 bridgehead atoms. The van der Waals surface area contributed by atoms with Crippen LogP contribution in [0.15, 0.2) is 53.5 Å². The summed E-state index contributed by atoms with van der Waals surface area (Å²) in [7, 11) is 2.87. The summed E-state index contributed by atoms with van der Waals surface area (Å²) in [6.45, 7) is 5.90. The van der Waals surface area contributed by atoms with Gasteiger partial charge in [0.15, 0.2) is 0 Å². The van der Waals surface area contributed by atoms with E-state index in [1.54, 1.807) is 54.5 Å². The number of hydrogen-bond acceptors (Lipinski definition) is 4. The topological polar surface area (TPSA) is 55.8 Å². The summed E-state index contributed by atoms with van der Waals surface area (Å²) in [5.41, 5.74) is 2.30. The molecule has 1 amide bonds. The molecule has 26 heavy (non-hydrogen) atoms. The van der Waals surface area contributed by atoms with Crippen LogP contribution in [0.4, 0.5) is 5.69 Å². The van der Waals surface area contributed by atoms with E-state index in [4.69, 9.17) is 9.47 Å². The monoisotopic (exact) mass is 417 g/mol. The molecule has 0 heterocycles. The molecule has 2 aromatic carbocycles. The molecule has 0 aliphatic heterocycles. The van der Waals surface area contributed by atoms with E-state index < -0.39 is 5.97 Å². The molecule has 2 aromatic rings. The molecule has 0 saturated heterocycles. The molecule has 0 atom stereocenters. The minimum atomic E-state index is -0.459. The van der Waals surface area contributed by atoms with Crippen molar-refractivity contribution in [1.29, 1.82) is 0 Å². The van der Waals surface area contributed by atoms with Crippen molar-refractivity contribution in [1.82, 2.24) is 0 Å². The molecule has 0 aliphatic rings. The molecule has 0 radical (unpaired) electrons. The third-order valence-corrected chi connectivity index (χ3v) is 4.57. The first-order chi connectivity index (χ1) is 12.4. The van der Waals surface area contributed by atoms with Crippen LogP contribution >= 0.6 is 15.9 Å². The number of rotatable bonds is 6. The van der Waals surface area contributed by atoms with Crippen molar-refractivity contribution >= 4 is 33.5 Å². The van der Waals surface area contributed by atoms with Gasteiger partial charge in [0.25, 0.3) is 5.91 Å². The Morgan fingerprint density at radius 3 is 2.54 bits per heavy atom. The van der Waals surface area contributed by atoms with Crippen LogP contribution in [-0.2, 0) is 4.74 Å². The fourth-order valence-electron chi connectivity index (χ4n) is 2.51. The molecule has 136 valence electrons. The van der Waals surface area contributed by atoms with E-state index in [9.17, 15) is 9.59 Å². The molecule has 5 nitrogen and oxygen atoms in total. The molecule has 0 spiro atoms. The van der Waals surface area contributed by atoms with E-state index in [1.165, 1.54) is 7.11 Å². The second kappa shape index (κ2) is 8.67. The summed E-state index contributed by atoms with van der Waals surface area (Å²) < 4.78 is 10.7. The van der Waals surface area contributed by atoms with Crippen LogP contribution < -0.4 is 9.64 Å². The molecule has 0 N–H and O–H groups in total. The minimum absolute atomic E-state index is 0.235. The van der Waals surface area contributed by atoms with Crippen molar-refractivity contribution in [2.45, 2.75) is 6.92 Å². The fourth-order valence-corrected chi connectivity index (χ4v) is 2.92. The van der Waals surface area contributed by atoms with E-state index in [0.29, 0.717) is 27.0 Å². The van der Waals surface area contributed by atoms with Crippen LogP contribution in [0, 0.1) is 6.92 Å². The van der Waals surface area contributed by atoms with Gasteiger partial charge in [0.05, 0.1) is 25.3 Å². The number of esters is 1. The molecule has 0 aliphatic carbocycles. The third kappa shape index (κ3) is 4.14. The van der Waals surface area contributed by atoms with Gasteiger partial charge in [-0.25, -0.2) is 4.79 Å². The molecular weight excluding hydrogens is 398 g/mol. The largest absolute Gasteiger partial charge is 0.497 e. The smallest absolute Gasteiger partial charge is 0.337 e. The zero-order valence-corrected chi connectivity index (χ0v) is 16.5. The lowest BCUT2D eigenvalue weighted by atomic mass is 10.1. The van der Waals surface area contributed by atoms with Gasteiger partial charge in [-0.2, -0.15) is 0 Å². The number of ether oxygens (including phenoxy) is 2. The summed E-state index contributed by atoms with van der Waals surface area (Å²) in [6.07, 6.45) is 1.64. The maximum absolute atomic E-state index is 13.2. The minimum Gasteiger partial charge on any atom is -0.497 e. The van der Waals surface area contributed by atoms with E-state index >= 15 is 0 Å². The van der Waals surface area contributed by atoms with Crippen LogP contribution in [0.3, 0.4) is 0 Å². The van der Waals surface area contributed by atoms with Gasteiger partial charge in [0, 0.05) is 16.7 Å². The molecule has 0 aromatic heterocycles. The van der Waals surface area contributed by atoms with Crippen molar-refractivity contribution in [2.75, 3.05) is 25.7 Å². The van der Waals surface area contributed by atoms with E-state index in [1.807, 2.05) is 6.92 Å². The number of halogens is 1. The standard InChI is InChI=1S/C20H20BrNO4/c1-5-10-22(18-11-14(20(24)26-4)7-6-13(18)2)19(23)16-12-15(25-3)8-9-17(16)21/h5-9,11-12H,1,10H2,2-4H3. The van der Waals surface area contributed by atoms with E-state index in [0.717, 1.165) is 5.56 Å². The maximum atomic E-state index is 13.2. The Hall–Kier alpha value is -2.60. The number of carbonyl (C=O) groups excluding carboxylic acids is 2. The zero-order valence-electron chi connectivity index (χ0n) is 14.9. The Morgan fingerprint density at radius 2 is 1.92 bits per heavy atom. The summed E-state index contributed by atoms with van der Waals surface area (Å²) in [6, 6.07) is 10.3. The summed E-state index contributed by atoms with van der Waals surface area (Å²) in [5, 5.41) is 0. The van der Waals surface area contributed by atoms with Crippen LogP contribution in [0.5, 0.6) is 5.75 Å². The van der Waals surface area contributed by atoms with Crippen molar-refractivity contribution in [3.8, 4) is 5.75 Å². The Bertz CT molecular complexity index is 848. The highest BCUT2D eigenvalue weighted by Crippen LogP contribution is 2.28. The summed E-state index contributed by atoms with van der Waals surface area (Å²) in [4.78, 5) is 26.6. The first-order valence-electron chi connectivity index (χ1n) is 7.88. The molecule has 2 rings (SSSR count). The SMILES string of the molecule is C=CCN(C(=O)c1cc(OC)ccc1Br)c1cc(C(=O)OC)ccc1C. The molecule has 0 unspecified atom stereocenters. The molecule has 6 heteroatoms. The number of benzene rings is 2. The van der Waals surface area contributed by atoms with Crippen molar-refractivity contribution < 1.29 is 19.1 Å². The highest BCUT2D eigenvalue weighted by molar-refractivity contribution is 9.10. The number of nitrogens with zero attached hydrogens (tertiary/aromatic N) is 1. The van der Waals surface area contributed by atoms with Gasteiger partial charge in [0.1, 0.15) is 5.75 Å². The highest BCUT2D eigenvalue weighted by Gasteiger charge is 2.22. The van der Waals surface area contributed by atoms with E-state index in [-0.39, 0.29) is 12.5 Å². The lowest BCUT2D eigenvalue weighted by Crippen LogP contribution is -2.32. The lowest BCUT2D eigenvalue weighted by Gasteiger charge is -2.24. The van der Waals surface area contributed by atoms with Crippen LogP contribution in [0.1, 0.15) is 26.3 Å². The van der Waals surface area contributed by atoms with Gasteiger partial charge in [-0.15, -0.1) is 6.58 Å². The Morgan fingerprint density at radius 1 is 1.19 bits per heavy atom. The second-order valence-electron chi connectivity index (χ2n) is 5.54. The number of methoxy groups -OCH3 is 2. The normalized spacial score (nSPS) is 10.2.